The molecule has 0 saturated heterocycles. The first-order valence-electron chi connectivity index (χ1n) is 4.33. The van der Waals surface area contributed by atoms with Crippen LogP contribution in [-0.4, -0.2) is 28.0 Å². The van der Waals surface area contributed by atoms with Crippen LogP contribution in [0.25, 0.3) is 10.3 Å². The number of aryl methyl sites for hydroxylation is 1. The number of aromatic nitrogens is 3. The quantitative estimate of drug-likeness (QED) is 0.780. The lowest BCUT2D eigenvalue weighted by molar-refractivity contribution is 1.01. The van der Waals surface area contributed by atoms with Crippen molar-refractivity contribution in [3.63, 3.8) is 0 Å². The summed E-state index contributed by atoms with van der Waals surface area (Å²) >= 11 is 1.59. The van der Waals surface area contributed by atoms with Crippen LogP contribution in [0.15, 0.2) is 6.33 Å². The average Bonchev–Trinajstić information content (AvgIpc) is 2.55. The number of fused-ring (bicyclic) bond motifs is 1. The van der Waals surface area contributed by atoms with E-state index in [0.29, 0.717) is 13.1 Å². The molecule has 5 nitrogen and oxygen atoms in total. The second kappa shape index (κ2) is 3.85. The molecule has 0 amide bonds. The van der Waals surface area contributed by atoms with Gasteiger partial charge in [0, 0.05) is 13.1 Å². The number of nitrogens with one attached hydrogen (secondary N) is 1. The minimum absolute atomic E-state index is 0.587. The third-order valence-corrected chi connectivity index (χ3v) is 2.70. The second-order valence-corrected chi connectivity index (χ2v) is 4.03. The van der Waals surface area contributed by atoms with Crippen molar-refractivity contribution in [2.24, 2.45) is 5.73 Å². The Morgan fingerprint density at radius 1 is 1.50 bits per heavy atom. The molecule has 0 radical (unpaired) electrons. The van der Waals surface area contributed by atoms with E-state index in [1.54, 1.807) is 11.3 Å². The van der Waals surface area contributed by atoms with Gasteiger partial charge in [0.05, 0.1) is 5.01 Å². The predicted molar refractivity (Wildman–Crippen MR) is 57.5 cm³/mol. The molecule has 0 atom stereocenters. The maximum atomic E-state index is 5.41. The molecule has 2 rings (SSSR count). The van der Waals surface area contributed by atoms with Crippen LogP contribution in [0.3, 0.4) is 0 Å². The zero-order chi connectivity index (χ0) is 9.97. The molecule has 2 aromatic heterocycles. The summed E-state index contributed by atoms with van der Waals surface area (Å²) in [5.74, 6) is 0.825. The fourth-order valence-electron chi connectivity index (χ4n) is 1.17. The molecule has 6 heteroatoms. The van der Waals surface area contributed by atoms with E-state index < -0.39 is 0 Å². The minimum atomic E-state index is 0.587. The molecular weight excluding hydrogens is 198 g/mol. The molecule has 0 bridgehead atoms. The van der Waals surface area contributed by atoms with Crippen LogP contribution in [0.4, 0.5) is 5.82 Å². The Labute approximate surface area is 85.4 Å². The van der Waals surface area contributed by atoms with Crippen LogP contribution in [0, 0.1) is 6.92 Å². The lowest BCUT2D eigenvalue weighted by Gasteiger charge is -2.02. The van der Waals surface area contributed by atoms with Crippen LogP contribution in [0.1, 0.15) is 5.01 Å². The van der Waals surface area contributed by atoms with Crippen molar-refractivity contribution >= 4 is 27.5 Å². The van der Waals surface area contributed by atoms with E-state index in [4.69, 9.17) is 5.73 Å². The molecule has 0 saturated carbocycles. The fraction of sp³-hybridized carbons (Fsp3) is 0.375. The molecule has 0 spiro atoms. The van der Waals surface area contributed by atoms with E-state index in [2.05, 4.69) is 20.3 Å². The van der Waals surface area contributed by atoms with Crippen molar-refractivity contribution in [3.8, 4) is 0 Å². The number of hydrogen-bond donors (Lipinski definition) is 2. The maximum Gasteiger partial charge on any atom is 0.175 e. The largest absolute Gasteiger partial charge is 0.367 e. The first-order chi connectivity index (χ1) is 6.81. The highest BCUT2D eigenvalue weighted by Crippen LogP contribution is 2.25. The van der Waals surface area contributed by atoms with Crippen molar-refractivity contribution in [3.05, 3.63) is 11.3 Å². The van der Waals surface area contributed by atoms with Gasteiger partial charge in [0.2, 0.25) is 0 Å². The van der Waals surface area contributed by atoms with Gasteiger partial charge in [0.15, 0.2) is 5.65 Å². The van der Waals surface area contributed by atoms with E-state index in [1.165, 1.54) is 6.33 Å². The summed E-state index contributed by atoms with van der Waals surface area (Å²) in [5, 5.41) is 4.14. The smallest absolute Gasteiger partial charge is 0.175 e. The fourth-order valence-corrected chi connectivity index (χ4v) is 2.01. The van der Waals surface area contributed by atoms with Gasteiger partial charge in [-0.15, -0.1) is 11.3 Å². The molecule has 0 aliphatic carbocycles. The van der Waals surface area contributed by atoms with Crippen molar-refractivity contribution < 1.29 is 0 Å². The van der Waals surface area contributed by atoms with Gasteiger partial charge in [-0.3, -0.25) is 0 Å². The Morgan fingerprint density at radius 2 is 2.36 bits per heavy atom. The standard InChI is InChI=1S/C8H11N5S/c1-5-13-8-6(14-5)7(10-3-2-9)11-4-12-8/h4H,2-3,9H2,1H3,(H,10,11,12). The maximum absolute atomic E-state index is 5.41. The Kier molecular flexibility index (Phi) is 2.55. The van der Waals surface area contributed by atoms with Crippen LogP contribution < -0.4 is 11.1 Å². The van der Waals surface area contributed by atoms with Gasteiger partial charge in [-0.25, -0.2) is 15.0 Å². The zero-order valence-electron chi connectivity index (χ0n) is 7.82. The van der Waals surface area contributed by atoms with Gasteiger partial charge < -0.3 is 11.1 Å². The summed E-state index contributed by atoms with van der Waals surface area (Å²) in [6, 6.07) is 0. The summed E-state index contributed by atoms with van der Waals surface area (Å²) in [5.41, 5.74) is 6.16. The van der Waals surface area contributed by atoms with Crippen molar-refractivity contribution in [1.29, 1.82) is 0 Å². The van der Waals surface area contributed by atoms with Gasteiger partial charge in [0.25, 0.3) is 0 Å². The monoisotopic (exact) mass is 209 g/mol. The van der Waals surface area contributed by atoms with Gasteiger partial charge >= 0.3 is 0 Å². The molecule has 0 aliphatic heterocycles. The minimum Gasteiger partial charge on any atom is -0.367 e. The van der Waals surface area contributed by atoms with Gasteiger partial charge in [-0.2, -0.15) is 0 Å². The molecule has 3 N–H and O–H groups in total. The number of rotatable bonds is 3. The Morgan fingerprint density at radius 3 is 3.14 bits per heavy atom. The topological polar surface area (TPSA) is 76.7 Å². The first-order valence-corrected chi connectivity index (χ1v) is 5.15. The van der Waals surface area contributed by atoms with Crippen LogP contribution >= 0.6 is 11.3 Å². The number of nitrogens with zero attached hydrogens (tertiary/aromatic N) is 3. The van der Waals surface area contributed by atoms with E-state index in [0.717, 1.165) is 21.2 Å². The molecule has 74 valence electrons. The lowest BCUT2D eigenvalue weighted by Crippen LogP contribution is -2.13. The van der Waals surface area contributed by atoms with Crippen LogP contribution in [-0.2, 0) is 0 Å². The van der Waals surface area contributed by atoms with Gasteiger partial charge in [0.1, 0.15) is 16.8 Å². The van der Waals surface area contributed by atoms with Crippen LogP contribution in [0.2, 0.25) is 0 Å². The van der Waals surface area contributed by atoms with Crippen molar-refractivity contribution in [1.82, 2.24) is 15.0 Å². The Hall–Kier alpha value is -1.27. The molecule has 0 unspecified atom stereocenters. The Bertz CT molecular complexity index is 438. The highest BCUT2D eigenvalue weighted by atomic mass is 32.1. The summed E-state index contributed by atoms with van der Waals surface area (Å²) in [7, 11) is 0. The number of hydrogen-bond acceptors (Lipinski definition) is 6. The van der Waals surface area contributed by atoms with Crippen molar-refractivity contribution in [2.75, 3.05) is 18.4 Å². The van der Waals surface area contributed by atoms with Crippen molar-refractivity contribution in [2.45, 2.75) is 6.92 Å². The molecule has 14 heavy (non-hydrogen) atoms. The number of thiazole rings is 1. The molecule has 0 aromatic carbocycles. The summed E-state index contributed by atoms with van der Waals surface area (Å²) in [6.07, 6.45) is 1.51. The lowest BCUT2D eigenvalue weighted by atomic mass is 10.5. The Balaban J connectivity index is 2.42. The van der Waals surface area contributed by atoms with E-state index in [1.807, 2.05) is 6.92 Å². The average molecular weight is 209 g/mol. The van der Waals surface area contributed by atoms with E-state index in [9.17, 15) is 0 Å². The highest BCUT2D eigenvalue weighted by Gasteiger charge is 2.06. The third-order valence-electron chi connectivity index (χ3n) is 1.73. The van der Waals surface area contributed by atoms with Crippen LogP contribution in [0.5, 0.6) is 0 Å². The number of nitrogens with two attached hydrogens (primary N) is 1. The summed E-state index contributed by atoms with van der Waals surface area (Å²) < 4.78 is 0.999. The normalized spacial score (nSPS) is 10.7. The van der Waals surface area contributed by atoms with E-state index in [-0.39, 0.29) is 0 Å². The molecule has 2 aromatic rings. The molecular formula is C8H11N5S. The SMILES string of the molecule is Cc1nc2ncnc(NCCN)c2s1. The van der Waals surface area contributed by atoms with Gasteiger partial charge in [-0.1, -0.05) is 0 Å². The molecule has 0 fully saturated rings. The second-order valence-electron chi connectivity index (χ2n) is 2.82. The summed E-state index contributed by atoms with van der Waals surface area (Å²) in [6.45, 7) is 3.26. The first kappa shape index (κ1) is 9.29. The number of anilines is 1. The predicted octanol–water partition coefficient (Wildman–Crippen LogP) is 0.765. The zero-order valence-corrected chi connectivity index (χ0v) is 8.64. The molecule has 0 aliphatic rings. The highest BCUT2D eigenvalue weighted by molar-refractivity contribution is 7.19. The third kappa shape index (κ3) is 1.66. The van der Waals surface area contributed by atoms with E-state index >= 15 is 0 Å². The molecule has 2 heterocycles. The van der Waals surface area contributed by atoms with Gasteiger partial charge in [-0.05, 0) is 6.92 Å². The summed E-state index contributed by atoms with van der Waals surface area (Å²) in [4.78, 5) is 12.5.